The predicted octanol–water partition coefficient (Wildman–Crippen LogP) is 3.64. The van der Waals surface area contributed by atoms with Crippen molar-refractivity contribution in [3.63, 3.8) is 0 Å². The van der Waals surface area contributed by atoms with Crippen LogP contribution in [0.15, 0.2) is 61.2 Å². The molecule has 0 atom stereocenters. The van der Waals surface area contributed by atoms with E-state index in [9.17, 15) is 0 Å². The lowest BCUT2D eigenvalue weighted by atomic mass is 10.1. The minimum atomic E-state index is 0.670. The van der Waals surface area contributed by atoms with Gasteiger partial charge >= 0.3 is 0 Å². The maximum absolute atomic E-state index is 5.47. The van der Waals surface area contributed by atoms with Crippen molar-refractivity contribution in [1.82, 2.24) is 19.9 Å². The number of pyridine rings is 1. The predicted molar refractivity (Wildman–Crippen MR) is 97.4 cm³/mol. The summed E-state index contributed by atoms with van der Waals surface area (Å²) in [4.78, 5) is 16.0. The molecule has 4 aromatic rings. The van der Waals surface area contributed by atoms with E-state index in [0.29, 0.717) is 6.54 Å². The molecule has 3 aromatic heterocycles. The molecule has 1 aromatic carbocycles. The summed E-state index contributed by atoms with van der Waals surface area (Å²) in [5, 5.41) is 3.41. The van der Waals surface area contributed by atoms with Crippen molar-refractivity contribution in [3.05, 3.63) is 66.7 Å². The molecule has 0 unspecified atom stereocenters. The first-order chi connectivity index (χ1) is 12.3. The fraction of sp³-hybridized carbons (Fsp3) is 0.105. The Labute approximate surface area is 144 Å². The first kappa shape index (κ1) is 15.1. The summed E-state index contributed by atoms with van der Waals surface area (Å²) in [5.41, 5.74) is 5.65. The van der Waals surface area contributed by atoms with Gasteiger partial charge in [0.1, 0.15) is 11.3 Å². The molecule has 0 aliphatic rings. The SMILES string of the molecule is COc1ccc(-c2cc3nccnc3[nH]2)cc1NCc1cccnc1. The van der Waals surface area contributed by atoms with Gasteiger partial charge in [0.05, 0.1) is 12.8 Å². The largest absolute Gasteiger partial charge is 0.495 e. The maximum Gasteiger partial charge on any atom is 0.156 e. The van der Waals surface area contributed by atoms with Gasteiger partial charge in [0.2, 0.25) is 0 Å². The van der Waals surface area contributed by atoms with Crippen LogP contribution in [-0.4, -0.2) is 27.0 Å². The molecule has 3 heterocycles. The average Bonchev–Trinajstić information content (AvgIpc) is 3.11. The smallest absolute Gasteiger partial charge is 0.156 e. The maximum atomic E-state index is 5.47. The normalized spacial score (nSPS) is 10.8. The lowest BCUT2D eigenvalue weighted by Gasteiger charge is -2.12. The molecule has 124 valence electrons. The van der Waals surface area contributed by atoms with E-state index in [0.717, 1.165) is 39.4 Å². The second-order valence-corrected chi connectivity index (χ2v) is 5.60. The standard InChI is InChI=1S/C19H17N5O/c1-25-18-5-4-14(15-10-17-19(24-15)22-8-7-21-17)9-16(18)23-12-13-3-2-6-20-11-13/h2-11,23H,12H2,1H3,(H,22,24). The van der Waals surface area contributed by atoms with Crippen molar-refractivity contribution >= 4 is 16.9 Å². The number of aromatic amines is 1. The number of nitrogens with zero attached hydrogens (tertiary/aromatic N) is 3. The molecule has 2 N–H and O–H groups in total. The quantitative estimate of drug-likeness (QED) is 0.584. The van der Waals surface area contributed by atoms with Gasteiger partial charge in [-0.05, 0) is 35.9 Å². The van der Waals surface area contributed by atoms with Crippen molar-refractivity contribution in [1.29, 1.82) is 0 Å². The number of aromatic nitrogens is 4. The highest BCUT2D eigenvalue weighted by molar-refractivity contribution is 5.81. The van der Waals surface area contributed by atoms with Gasteiger partial charge in [0, 0.05) is 42.6 Å². The third-order valence-electron chi connectivity index (χ3n) is 3.98. The van der Waals surface area contributed by atoms with Crippen molar-refractivity contribution in [2.75, 3.05) is 12.4 Å². The van der Waals surface area contributed by atoms with Gasteiger partial charge in [-0.2, -0.15) is 0 Å². The number of ether oxygens (including phenoxy) is 1. The Balaban J connectivity index is 1.65. The number of fused-ring (bicyclic) bond motifs is 1. The number of nitrogens with one attached hydrogen (secondary N) is 2. The van der Waals surface area contributed by atoms with Crippen LogP contribution in [0.5, 0.6) is 5.75 Å². The molecule has 0 radical (unpaired) electrons. The van der Waals surface area contributed by atoms with Crippen molar-refractivity contribution in [3.8, 4) is 17.0 Å². The van der Waals surface area contributed by atoms with Crippen LogP contribution < -0.4 is 10.1 Å². The molecule has 25 heavy (non-hydrogen) atoms. The lowest BCUT2D eigenvalue weighted by Crippen LogP contribution is -2.02. The first-order valence-corrected chi connectivity index (χ1v) is 7.94. The van der Waals surface area contributed by atoms with E-state index < -0.39 is 0 Å². The number of anilines is 1. The zero-order valence-electron chi connectivity index (χ0n) is 13.7. The second kappa shape index (κ2) is 6.60. The molecule has 0 bridgehead atoms. The van der Waals surface area contributed by atoms with Gasteiger partial charge in [-0.1, -0.05) is 6.07 Å². The third-order valence-corrected chi connectivity index (χ3v) is 3.98. The summed E-state index contributed by atoms with van der Waals surface area (Å²) in [5.74, 6) is 0.792. The van der Waals surface area contributed by atoms with Crippen molar-refractivity contribution < 1.29 is 4.74 Å². The summed E-state index contributed by atoms with van der Waals surface area (Å²) < 4.78 is 5.47. The highest BCUT2D eigenvalue weighted by Crippen LogP contribution is 2.31. The fourth-order valence-corrected chi connectivity index (χ4v) is 2.72. The number of methoxy groups -OCH3 is 1. The number of H-pyrrole nitrogens is 1. The Morgan fingerprint density at radius 1 is 1.08 bits per heavy atom. The molecule has 0 saturated carbocycles. The zero-order valence-corrected chi connectivity index (χ0v) is 13.7. The minimum absolute atomic E-state index is 0.670. The summed E-state index contributed by atoms with van der Waals surface area (Å²) in [6.45, 7) is 0.670. The van der Waals surface area contributed by atoms with Crippen LogP contribution in [-0.2, 0) is 6.54 Å². The molecular formula is C19H17N5O. The monoisotopic (exact) mass is 331 g/mol. The Bertz CT molecular complexity index is 964. The zero-order chi connectivity index (χ0) is 17.1. The van der Waals surface area contributed by atoms with Gasteiger partial charge in [-0.15, -0.1) is 0 Å². The minimum Gasteiger partial charge on any atom is -0.495 e. The van der Waals surface area contributed by atoms with Gasteiger partial charge in [-0.3, -0.25) is 9.97 Å². The van der Waals surface area contributed by atoms with Crippen LogP contribution in [0.4, 0.5) is 5.69 Å². The van der Waals surface area contributed by atoms with E-state index in [1.807, 2.05) is 36.5 Å². The molecule has 0 fully saturated rings. The molecule has 6 nitrogen and oxygen atoms in total. The Morgan fingerprint density at radius 3 is 2.80 bits per heavy atom. The summed E-state index contributed by atoms with van der Waals surface area (Å²) in [6.07, 6.45) is 6.98. The number of rotatable bonds is 5. The Kier molecular flexibility index (Phi) is 4.00. The topological polar surface area (TPSA) is 75.7 Å². The van der Waals surface area contributed by atoms with Crippen LogP contribution in [0.3, 0.4) is 0 Å². The fourth-order valence-electron chi connectivity index (χ4n) is 2.72. The molecular weight excluding hydrogens is 314 g/mol. The van der Waals surface area contributed by atoms with E-state index in [4.69, 9.17) is 4.74 Å². The average molecular weight is 331 g/mol. The number of benzene rings is 1. The van der Waals surface area contributed by atoms with E-state index in [1.54, 1.807) is 25.7 Å². The third kappa shape index (κ3) is 3.14. The van der Waals surface area contributed by atoms with Gasteiger partial charge in [0.15, 0.2) is 5.65 Å². The van der Waals surface area contributed by atoms with E-state index >= 15 is 0 Å². The Morgan fingerprint density at radius 2 is 2.00 bits per heavy atom. The summed E-state index contributed by atoms with van der Waals surface area (Å²) in [6, 6.07) is 12.0. The van der Waals surface area contributed by atoms with E-state index in [2.05, 4.69) is 31.3 Å². The van der Waals surface area contributed by atoms with Gasteiger partial charge in [-0.25, -0.2) is 4.98 Å². The van der Waals surface area contributed by atoms with Crippen LogP contribution in [0, 0.1) is 0 Å². The van der Waals surface area contributed by atoms with E-state index in [-0.39, 0.29) is 0 Å². The second-order valence-electron chi connectivity index (χ2n) is 5.60. The molecule has 0 saturated heterocycles. The van der Waals surface area contributed by atoms with Crippen LogP contribution in [0.2, 0.25) is 0 Å². The lowest BCUT2D eigenvalue weighted by molar-refractivity contribution is 0.416. The highest BCUT2D eigenvalue weighted by Gasteiger charge is 2.09. The molecule has 0 aliphatic carbocycles. The molecule has 6 heteroatoms. The summed E-state index contributed by atoms with van der Waals surface area (Å²) in [7, 11) is 1.67. The van der Waals surface area contributed by atoms with Crippen LogP contribution in [0.1, 0.15) is 5.56 Å². The Hall–Kier alpha value is -3.41. The highest BCUT2D eigenvalue weighted by atomic mass is 16.5. The van der Waals surface area contributed by atoms with Gasteiger partial charge < -0.3 is 15.0 Å². The van der Waals surface area contributed by atoms with Crippen molar-refractivity contribution in [2.24, 2.45) is 0 Å². The van der Waals surface area contributed by atoms with E-state index in [1.165, 1.54) is 0 Å². The summed E-state index contributed by atoms with van der Waals surface area (Å²) >= 11 is 0. The number of hydrogen-bond donors (Lipinski definition) is 2. The van der Waals surface area contributed by atoms with Crippen LogP contribution >= 0.6 is 0 Å². The number of hydrogen-bond acceptors (Lipinski definition) is 5. The van der Waals surface area contributed by atoms with Crippen molar-refractivity contribution in [2.45, 2.75) is 6.54 Å². The molecule has 0 amide bonds. The molecule has 0 aliphatic heterocycles. The first-order valence-electron chi connectivity index (χ1n) is 7.94. The molecule has 0 spiro atoms. The molecule has 4 rings (SSSR count). The van der Waals surface area contributed by atoms with Crippen LogP contribution in [0.25, 0.3) is 22.4 Å². The van der Waals surface area contributed by atoms with Gasteiger partial charge in [0.25, 0.3) is 0 Å².